The van der Waals surface area contributed by atoms with Gasteiger partial charge in [-0.15, -0.1) is 11.3 Å². The van der Waals surface area contributed by atoms with Crippen LogP contribution in [0.1, 0.15) is 43.9 Å². The Balaban J connectivity index is 1.09. The predicted octanol–water partition coefficient (Wildman–Crippen LogP) is 15.4. The van der Waals surface area contributed by atoms with E-state index in [-0.39, 0.29) is 5.41 Å². The lowest BCUT2D eigenvalue weighted by Gasteiger charge is -2.26. The van der Waals surface area contributed by atoms with Crippen LogP contribution in [-0.4, -0.2) is 0 Å². The van der Waals surface area contributed by atoms with Gasteiger partial charge in [0.25, 0.3) is 0 Å². The monoisotopic (exact) mass is 725 g/mol. The highest BCUT2D eigenvalue weighted by Crippen LogP contribution is 2.55. The molecule has 2 aliphatic rings. The number of para-hydroxylation sites is 2. The summed E-state index contributed by atoms with van der Waals surface area (Å²) in [7, 11) is 0. The van der Waals surface area contributed by atoms with E-state index in [1.165, 1.54) is 59.3 Å². The molecule has 0 radical (unpaired) electrons. The van der Waals surface area contributed by atoms with Crippen molar-refractivity contribution in [1.29, 1.82) is 0 Å². The molecule has 1 unspecified atom stereocenters. The molecule has 0 fully saturated rings. The topological polar surface area (TPSA) is 16.4 Å². The first kappa shape index (κ1) is 32.3. The Morgan fingerprint density at radius 2 is 1.27 bits per heavy atom. The zero-order valence-electron chi connectivity index (χ0n) is 31.1. The fourth-order valence-electron chi connectivity index (χ4n) is 9.23. The Morgan fingerprint density at radius 3 is 2.09 bits per heavy atom. The van der Waals surface area contributed by atoms with Gasteiger partial charge < -0.3 is 9.32 Å². The molecule has 0 amide bonds. The van der Waals surface area contributed by atoms with E-state index in [9.17, 15) is 0 Å². The van der Waals surface area contributed by atoms with Gasteiger partial charge in [-0.1, -0.05) is 148 Å². The van der Waals surface area contributed by atoms with Crippen molar-refractivity contribution in [1.82, 2.24) is 0 Å². The van der Waals surface area contributed by atoms with E-state index in [4.69, 9.17) is 4.42 Å². The van der Waals surface area contributed by atoms with Crippen molar-refractivity contribution in [3.63, 3.8) is 0 Å². The molecule has 9 aromatic rings. The molecule has 55 heavy (non-hydrogen) atoms. The van der Waals surface area contributed by atoms with E-state index in [0.29, 0.717) is 5.92 Å². The molecule has 0 N–H and O–H groups in total. The van der Waals surface area contributed by atoms with Gasteiger partial charge in [-0.25, -0.2) is 0 Å². The summed E-state index contributed by atoms with van der Waals surface area (Å²) in [6.45, 7) is 7.02. The van der Waals surface area contributed by atoms with Crippen molar-refractivity contribution in [3.8, 4) is 22.3 Å². The minimum Gasteiger partial charge on any atom is -0.455 e. The van der Waals surface area contributed by atoms with Crippen molar-refractivity contribution < 1.29 is 4.42 Å². The van der Waals surface area contributed by atoms with Crippen LogP contribution in [-0.2, 0) is 5.41 Å². The summed E-state index contributed by atoms with van der Waals surface area (Å²) in [6.07, 6.45) is 8.06. The summed E-state index contributed by atoms with van der Waals surface area (Å²) in [6, 6.07) is 53.5. The van der Waals surface area contributed by atoms with Crippen LogP contribution in [0, 0.1) is 5.92 Å². The Kier molecular flexibility index (Phi) is 7.15. The number of hydrogen-bond acceptors (Lipinski definition) is 3. The Bertz CT molecular complexity index is 3040. The average molecular weight is 726 g/mol. The molecule has 264 valence electrons. The lowest BCUT2D eigenvalue weighted by atomic mass is 9.82. The fourth-order valence-corrected chi connectivity index (χ4v) is 10.6. The largest absolute Gasteiger partial charge is 0.455 e. The number of anilines is 3. The van der Waals surface area contributed by atoms with E-state index in [1.54, 1.807) is 0 Å². The Labute approximate surface area is 325 Å². The van der Waals surface area contributed by atoms with Gasteiger partial charge in [-0.05, 0) is 82.1 Å². The zero-order chi connectivity index (χ0) is 36.8. The SMILES string of the molecule is CC1C=C(c2ccc(N(c3ccc(-c4cccc5c4oc4ccccc45)cc3)c3cccc4c3sc3c5c(ccc34)C(C)(C)c3ccccc3-5)cc2)C=CC1. The zero-order valence-corrected chi connectivity index (χ0v) is 32.0. The van der Waals surface area contributed by atoms with Gasteiger partial charge in [0.2, 0.25) is 0 Å². The molecule has 11 rings (SSSR count). The van der Waals surface area contributed by atoms with Crippen LogP contribution in [0.2, 0.25) is 0 Å². The molecule has 0 bridgehead atoms. The molecule has 7 aromatic carbocycles. The summed E-state index contributed by atoms with van der Waals surface area (Å²) >= 11 is 1.93. The summed E-state index contributed by atoms with van der Waals surface area (Å²) in [5.41, 5.74) is 15.6. The van der Waals surface area contributed by atoms with Crippen LogP contribution in [0.4, 0.5) is 17.1 Å². The second-order valence-corrected chi connectivity index (χ2v) is 16.8. The summed E-state index contributed by atoms with van der Waals surface area (Å²) in [5, 5.41) is 4.91. The first-order valence-electron chi connectivity index (χ1n) is 19.3. The number of rotatable bonds is 5. The third-order valence-electron chi connectivity index (χ3n) is 12.0. The van der Waals surface area contributed by atoms with Gasteiger partial charge >= 0.3 is 0 Å². The molecule has 0 spiro atoms. The third-order valence-corrected chi connectivity index (χ3v) is 13.3. The van der Waals surface area contributed by atoms with Gasteiger partial charge in [0.15, 0.2) is 0 Å². The predicted molar refractivity (Wildman–Crippen MR) is 235 cm³/mol. The number of furan rings is 1. The third kappa shape index (κ3) is 4.93. The fraction of sp³-hybridized carbons (Fsp3) is 0.115. The highest BCUT2D eigenvalue weighted by atomic mass is 32.1. The second kappa shape index (κ2) is 12.2. The van der Waals surface area contributed by atoms with Crippen molar-refractivity contribution in [2.24, 2.45) is 5.92 Å². The highest BCUT2D eigenvalue weighted by molar-refractivity contribution is 7.27. The van der Waals surface area contributed by atoms with E-state index in [1.807, 2.05) is 17.4 Å². The summed E-state index contributed by atoms with van der Waals surface area (Å²) in [4.78, 5) is 2.44. The highest BCUT2D eigenvalue weighted by Gasteiger charge is 2.37. The maximum Gasteiger partial charge on any atom is 0.143 e. The number of allylic oxidation sites excluding steroid dienone is 4. The Morgan fingerprint density at radius 1 is 0.600 bits per heavy atom. The van der Waals surface area contributed by atoms with Crippen LogP contribution >= 0.6 is 11.3 Å². The molecule has 0 saturated heterocycles. The van der Waals surface area contributed by atoms with E-state index in [2.05, 4.69) is 183 Å². The van der Waals surface area contributed by atoms with E-state index >= 15 is 0 Å². The number of thiophene rings is 1. The Hall–Kier alpha value is -6.16. The molecule has 2 heterocycles. The standard InChI is InChI=1S/C52H39NOS/c1-32-11-8-12-35(31-32)33-21-25-36(26-22-33)53(37-27-23-34(24-28-37)38-15-9-16-40-39-13-5-7-20-47(39)54-49(38)40)46-19-10-17-41-42-29-30-45-48(51(42)55-50(41)46)43-14-4-6-18-44(43)52(45,2)3/h4-10,12-32H,11H2,1-3H3. The van der Waals surface area contributed by atoms with Crippen LogP contribution in [0.25, 0.3) is 69.9 Å². The molecule has 1 atom stereocenters. The molecule has 0 saturated carbocycles. The second-order valence-electron chi connectivity index (χ2n) is 15.7. The lowest BCUT2D eigenvalue weighted by molar-refractivity contribution is 0.661. The summed E-state index contributed by atoms with van der Waals surface area (Å²) in [5.74, 6) is 0.546. The van der Waals surface area contributed by atoms with Gasteiger partial charge in [-0.2, -0.15) is 0 Å². The van der Waals surface area contributed by atoms with Crippen molar-refractivity contribution in [2.75, 3.05) is 4.90 Å². The minimum absolute atomic E-state index is 0.0396. The quantitative estimate of drug-likeness (QED) is 0.176. The molecular formula is C52H39NOS. The van der Waals surface area contributed by atoms with Gasteiger partial charge in [0.05, 0.1) is 10.4 Å². The van der Waals surface area contributed by atoms with Crippen molar-refractivity contribution >= 4 is 76.1 Å². The van der Waals surface area contributed by atoms with Crippen LogP contribution in [0.5, 0.6) is 0 Å². The molecule has 2 aliphatic carbocycles. The smallest absolute Gasteiger partial charge is 0.143 e. The minimum atomic E-state index is -0.0396. The average Bonchev–Trinajstić information content (AvgIpc) is 3.87. The summed E-state index contributed by atoms with van der Waals surface area (Å²) < 4.78 is 9.11. The van der Waals surface area contributed by atoms with E-state index < -0.39 is 0 Å². The number of benzene rings is 7. The van der Waals surface area contributed by atoms with Crippen molar-refractivity contribution in [3.05, 3.63) is 181 Å². The first-order valence-corrected chi connectivity index (χ1v) is 20.1. The van der Waals surface area contributed by atoms with Crippen LogP contribution in [0.15, 0.2) is 168 Å². The van der Waals surface area contributed by atoms with Gasteiger partial charge in [0.1, 0.15) is 11.2 Å². The molecule has 2 aromatic heterocycles. The molecule has 3 heteroatoms. The molecular weight excluding hydrogens is 687 g/mol. The van der Waals surface area contributed by atoms with Gasteiger partial charge in [-0.3, -0.25) is 0 Å². The number of hydrogen-bond donors (Lipinski definition) is 0. The van der Waals surface area contributed by atoms with Crippen LogP contribution < -0.4 is 4.90 Å². The van der Waals surface area contributed by atoms with E-state index in [0.717, 1.165) is 50.9 Å². The maximum absolute atomic E-state index is 6.45. The number of fused-ring (bicyclic) bond motifs is 10. The van der Waals surface area contributed by atoms with Crippen molar-refractivity contribution in [2.45, 2.75) is 32.6 Å². The molecule has 2 nitrogen and oxygen atoms in total. The molecule has 0 aliphatic heterocycles. The van der Waals surface area contributed by atoms with Crippen LogP contribution in [0.3, 0.4) is 0 Å². The maximum atomic E-state index is 6.45. The lowest BCUT2D eigenvalue weighted by Crippen LogP contribution is -2.14. The number of nitrogens with zero attached hydrogens (tertiary/aromatic N) is 1. The normalized spacial score (nSPS) is 15.8. The van der Waals surface area contributed by atoms with Gasteiger partial charge in [0, 0.05) is 54.2 Å². The first-order chi connectivity index (χ1) is 26.9.